The van der Waals surface area contributed by atoms with Gasteiger partial charge in [0.05, 0.1) is 24.9 Å². The number of aryl methyl sites for hydroxylation is 1. The Morgan fingerprint density at radius 2 is 1.76 bits per heavy atom. The van der Waals surface area contributed by atoms with Gasteiger partial charge < -0.3 is 40.2 Å². The van der Waals surface area contributed by atoms with E-state index in [0.717, 1.165) is 31.2 Å². The Labute approximate surface area is 348 Å². The third-order valence-electron chi connectivity index (χ3n) is 11.2. The number of aromatic nitrogens is 2. The third-order valence-corrected chi connectivity index (χ3v) is 12.0. The van der Waals surface area contributed by atoms with Crippen LogP contribution in [-0.4, -0.2) is 93.2 Å². The lowest BCUT2D eigenvalue weighted by Crippen LogP contribution is -2.59. The zero-order chi connectivity index (χ0) is 43.0. The van der Waals surface area contributed by atoms with Crippen molar-refractivity contribution in [3.05, 3.63) is 41.8 Å². The fourth-order valence-corrected chi connectivity index (χ4v) is 8.66. The van der Waals surface area contributed by atoms with E-state index >= 15 is 0 Å². The SMILES string of the molecule is C=C[C@@H]1C[C@]1(NC(=O)[C@@H]1CC(Oc2cc(-c3csc(NC(=O)CC(C)(C)C)n3)nc3c(C)c(OC)ccc23)CN1C(=O)[C@@H](NC(=O)OC1CCCC1)C(C)(C)C)C(=O)[OH2+]. The lowest BCUT2D eigenvalue weighted by molar-refractivity contribution is -0.146. The van der Waals surface area contributed by atoms with Gasteiger partial charge in [0.15, 0.2) is 5.13 Å². The lowest BCUT2D eigenvalue weighted by atomic mass is 9.85. The van der Waals surface area contributed by atoms with E-state index in [1.807, 2.05) is 60.6 Å². The number of hydrogen-bond acceptors (Lipinski definition) is 11. The molecule has 59 heavy (non-hydrogen) atoms. The van der Waals surface area contributed by atoms with Gasteiger partial charge in [-0.05, 0) is 62.0 Å². The number of fused-ring (bicyclic) bond motifs is 1. The average Bonchev–Trinajstić information content (AvgIpc) is 3.56. The number of carbonyl (C=O) groups excluding carboxylic acids is 5. The second-order valence-electron chi connectivity index (χ2n) is 18.2. The first-order valence-electron chi connectivity index (χ1n) is 20.1. The maximum atomic E-state index is 14.7. The van der Waals surface area contributed by atoms with E-state index in [1.165, 1.54) is 16.2 Å². The number of nitrogens with one attached hydrogen (secondary N) is 3. The molecular formula is C43H57N6O9S+. The molecule has 6 rings (SSSR count). The van der Waals surface area contributed by atoms with E-state index < -0.39 is 58.9 Å². The van der Waals surface area contributed by atoms with Crippen LogP contribution >= 0.6 is 11.3 Å². The van der Waals surface area contributed by atoms with Crippen LogP contribution < -0.4 is 25.4 Å². The first-order valence-corrected chi connectivity index (χ1v) is 21.0. The van der Waals surface area contributed by atoms with E-state index in [2.05, 4.69) is 27.5 Å². The topological polar surface area (TPSA) is 201 Å². The highest BCUT2D eigenvalue weighted by Crippen LogP contribution is 2.45. The molecule has 3 fully saturated rings. The second-order valence-corrected chi connectivity index (χ2v) is 19.0. The number of amides is 4. The summed E-state index contributed by atoms with van der Waals surface area (Å²) in [7, 11) is 1.57. The van der Waals surface area contributed by atoms with Crippen LogP contribution in [0.2, 0.25) is 0 Å². The Hall–Kier alpha value is -5.25. The molecule has 16 heteroatoms. The number of ether oxygens (including phenoxy) is 3. The molecule has 2 aliphatic carbocycles. The number of carbonyl (C=O) groups is 5. The minimum absolute atomic E-state index is 0.0372. The highest BCUT2D eigenvalue weighted by atomic mass is 32.1. The summed E-state index contributed by atoms with van der Waals surface area (Å²) < 4.78 is 18.0. The lowest BCUT2D eigenvalue weighted by Gasteiger charge is -2.35. The highest BCUT2D eigenvalue weighted by molar-refractivity contribution is 7.14. The number of alkyl carbamates (subject to hydrolysis) is 1. The normalized spacial score (nSPS) is 22.4. The Balaban J connectivity index is 1.33. The summed E-state index contributed by atoms with van der Waals surface area (Å²) in [5.41, 5.74) is -0.114. The molecule has 1 aliphatic heterocycles. The molecule has 1 unspecified atom stereocenters. The standard InChI is InChI=1S/C43H56N6O9S/c1-10-24-19-43(24,38(53)54)48-36(51)30-17-26(21-49(30)37(52)35(42(6,7)8)47-40(55)58-25-13-11-12-14-25)57-32-18-28(44-34-23(2)31(56-9)16-15-27(32)34)29-22-59-39(45-29)46-33(50)20-41(3,4)5/h10,15-16,18,22,24-26,30,35H,1,11-14,17,19-21H2,2-9H3,(H,47,55)(H,48,51)(H,53,54)(H,45,46,50)/p+1/t24-,26?,30+,35-,43-/m1/s1. The molecule has 1 saturated heterocycles. The van der Waals surface area contributed by atoms with Crippen molar-refractivity contribution in [1.29, 1.82) is 0 Å². The number of likely N-dealkylation sites (tertiary alicyclic amines) is 1. The van der Waals surface area contributed by atoms with Crippen LogP contribution in [0.15, 0.2) is 36.2 Å². The molecule has 5 atom stereocenters. The summed E-state index contributed by atoms with van der Waals surface area (Å²) in [6, 6.07) is 3.20. The van der Waals surface area contributed by atoms with Crippen LogP contribution in [0.4, 0.5) is 9.93 Å². The van der Waals surface area contributed by atoms with E-state index in [4.69, 9.17) is 24.3 Å². The van der Waals surface area contributed by atoms with Crippen molar-refractivity contribution < 1.29 is 43.3 Å². The van der Waals surface area contributed by atoms with Crippen LogP contribution in [0.1, 0.15) is 92.1 Å². The summed E-state index contributed by atoms with van der Waals surface area (Å²) in [4.78, 5) is 78.3. The van der Waals surface area contributed by atoms with Gasteiger partial charge in [-0.15, -0.1) is 17.9 Å². The number of thiazole rings is 1. The molecule has 318 valence electrons. The van der Waals surface area contributed by atoms with Gasteiger partial charge in [-0.3, -0.25) is 14.4 Å². The smallest absolute Gasteiger partial charge is 0.542 e. The number of hydrogen-bond donors (Lipinski definition) is 3. The molecule has 5 N–H and O–H groups in total. The second kappa shape index (κ2) is 16.8. The van der Waals surface area contributed by atoms with Crippen LogP contribution in [-0.2, 0) is 23.9 Å². The molecule has 0 bridgehead atoms. The van der Waals surface area contributed by atoms with Gasteiger partial charge >= 0.3 is 12.1 Å². The molecule has 3 aliphatic rings. The number of rotatable bonds is 13. The molecule has 15 nitrogen and oxygen atoms in total. The van der Waals surface area contributed by atoms with Crippen molar-refractivity contribution in [2.24, 2.45) is 16.7 Å². The Kier molecular flexibility index (Phi) is 12.3. The number of benzene rings is 1. The molecule has 0 spiro atoms. The quantitative estimate of drug-likeness (QED) is 0.140. The van der Waals surface area contributed by atoms with Gasteiger partial charge in [-0.25, -0.2) is 14.8 Å². The van der Waals surface area contributed by atoms with E-state index in [0.29, 0.717) is 45.3 Å². The minimum Gasteiger partial charge on any atom is -0.563 e. The van der Waals surface area contributed by atoms with Crippen molar-refractivity contribution in [2.75, 3.05) is 19.0 Å². The highest BCUT2D eigenvalue weighted by Gasteiger charge is 2.66. The van der Waals surface area contributed by atoms with Crippen LogP contribution in [0, 0.1) is 23.7 Å². The Morgan fingerprint density at radius 1 is 1.05 bits per heavy atom. The molecule has 2 aromatic heterocycles. The first kappa shape index (κ1) is 43.3. The van der Waals surface area contributed by atoms with Crippen molar-refractivity contribution in [3.63, 3.8) is 0 Å². The number of methoxy groups -OCH3 is 1. The van der Waals surface area contributed by atoms with Crippen LogP contribution in [0.3, 0.4) is 0 Å². The van der Waals surface area contributed by atoms with Crippen LogP contribution in [0.5, 0.6) is 11.5 Å². The maximum absolute atomic E-state index is 14.7. The zero-order valence-corrected chi connectivity index (χ0v) is 36.0. The predicted molar refractivity (Wildman–Crippen MR) is 224 cm³/mol. The summed E-state index contributed by atoms with van der Waals surface area (Å²) in [6.07, 6.45) is 3.90. The third kappa shape index (κ3) is 9.63. The van der Waals surface area contributed by atoms with Gasteiger partial charge in [-0.2, -0.15) is 0 Å². The Morgan fingerprint density at radius 3 is 2.37 bits per heavy atom. The van der Waals surface area contributed by atoms with Crippen molar-refractivity contribution in [3.8, 4) is 22.9 Å². The van der Waals surface area contributed by atoms with Crippen molar-refractivity contribution in [1.82, 2.24) is 25.5 Å². The van der Waals surface area contributed by atoms with Gasteiger partial charge in [0.2, 0.25) is 23.3 Å². The molecule has 4 amide bonds. The number of pyridine rings is 1. The maximum Gasteiger partial charge on any atom is 0.542 e. The average molecular weight is 834 g/mol. The monoisotopic (exact) mass is 833 g/mol. The van der Waals surface area contributed by atoms with E-state index in [-0.39, 0.29) is 36.8 Å². The van der Waals surface area contributed by atoms with Gasteiger partial charge in [0, 0.05) is 46.0 Å². The molecule has 0 radical (unpaired) electrons. The molecule has 1 aromatic carbocycles. The molecule has 3 aromatic rings. The van der Waals surface area contributed by atoms with Crippen molar-refractivity contribution in [2.45, 2.75) is 123 Å². The summed E-state index contributed by atoms with van der Waals surface area (Å²) >= 11 is 1.27. The number of nitrogens with zero attached hydrogens (tertiary/aromatic N) is 3. The minimum atomic E-state index is -1.43. The van der Waals surface area contributed by atoms with Crippen LogP contribution in [0.25, 0.3) is 22.3 Å². The fraction of sp³-hybridized carbons (Fsp3) is 0.558. The molecule has 3 heterocycles. The Bertz CT molecular complexity index is 2130. The molecular weight excluding hydrogens is 777 g/mol. The first-order chi connectivity index (χ1) is 27.7. The zero-order valence-electron chi connectivity index (χ0n) is 35.2. The van der Waals surface area contributed by atoms with Gasteiger partial charge in [0.1, 0.15) is 41.5 Å². The summed E-state index contributed by atoms with van der Waals surface area (Å²) in [6.45, 7) is 17.0. The summed E-state index contributed by atoms with van der Waals surface area (Å²) in [5, 5.41) is 19.3. The predicted octanol–water partition coefficient (Wildman–Crippen LogP) is 5.79. The van der Waals surface area contributed by atoms with Crippen molar-refractivity contribution >= 4 is 57.2 Å². The number of anilines is 1. The largest absolute Gasteiger partial charge is 0.563 e. The van der Waals surface area contributed by atoms with Gasteiger partial charge in [0.25, 0.3) is 0 Å². The van der Waals surface area contributed by atoms with E-state index in [1.54, 1.807) is 24.6 Å². The van der Waals surface area contributed by atoms with E-state index in [9.17, 15) is 24.0 Å². The molecule has 2 saturated carbocycles. The summed E-state index contributed by atoms with van der Waals surface area (Å²) in [5.74, 6) is -1.61. The fourth-order valence-electron chi connectivity index (χ4n) is 7.94. The van der Waals surface area contributed by atoms with Gasteiger partial charge in [-0.1, -0.05) is 47.6 Å².